The quantitative estimate of drug-likeness (QED) is 0.232. The molecule has 0 unspecified atom stereocenters. The third-order valence-electron chi connectivity index (χ3n) is 5.86. The van der Waals surface area contributed by atoms with E-state index in [4.69, 9.17) is 11.6 Å². The van der Waals surface area contributed by atoms with Crippen LogP contribution in [-0.2, 0) is 25.3 Å². The molecule has 38 heavy (non-hydrogen) atoms. The molecule has 0 N–H and O–H groups in total. The fourth-order valence-electron chi connectivity index (χ4n) is 4.18. The minimum Gasteiger partial charge on any atom is -0.244 e. The van der Waals surface area contributed by atoms with E-state index in [0.29, 0.717) is 46.4 Å². The van der Waals surface area contributed by atoms with E-state index in [1.54, 1.807) is 13.0 Å². The molecule has 2 heterocycles. The molecule has 0 spiro atoms. The molecule has 0 saturated heterocycles. The summed E-state index contributed by atoms with van der Waals surface area (Å²) in [5.74, 6) is -0.246. The van der Waals surface area contributed by atoms with Gasteiger partial charge in [0.1, 0.15) is 11.4 Å². The molecule has 0 bridgehead atoms. The largest absolute Gasteiger partial charge is 0.416 e. The zero-order chi connectivity index (χ0) is 27.8. The van der Waals surface area contributed by atoms with Crippen molar-refractivity contribution in [2.24, 2.45) is 0 Å². The third kappa shape index (κ3) is 5.98. The number of nitrogens with zero attached hydrogens (tertiary/aromatic N) is 5. The summed E-state index contributed by atoms with van der Waals surface area (Å²) in [7, 11) is 0. The van der Waals surface area contributed by atoms with Crippen molar-refractivity contribution in [1.29, 1.82) is 0 Å². The molecule has 0 saturated carbocycles. The van der Waals surface area contributed by atoms with Crippen LogP contribution in [0.25, 0.3) is 11.4 Å². The van der Waals surface area contributed by atoms with Gasteiger partial charge in [0, 0.05) is 11.4 Å². The van der Waals surface area contributed by atoms with Gasteiger partial charge < -0.3 is 0 Å². The molecule has 0 aliphatic rings. The van der Waals surface area contributed by atoms with Crippen molar-refractivity contribution in [1.82, 2.24) is 25.2 Å². The summed E-state index contributed by atoms with van der Waals surface area (Å²) in [5, 5.41) is 17.4. The van der Waals surface area contributed by atoms with Crippen molar-refractivity contribution in [2.45, 2.75) is 52.0 Å². The second-order valence-corrected chi connectivity index (χ2v) is 9.58. The highest BCUT2D eigenvalue weighted by Crippen LogP contribution is 2.37. The number of alkyl halides is 6. The highest BCUT2D eigenvalue weighted by Gasteiger charge is 2.37. The second-order valence-electron chi connectivity index (χ2n) is 9.18. The first kappa shape index (κ1) is 27.6. The molecule has 0 aliphatic heterocycles. The molecule has 5 nitrogen and oxygen atoms in total. The van der Waals surface area contributed by atoms with Gasteiger partial charge in [0.05, 0.1) is 29.1 Å². The lowest BCUT2D eigenvalue weighted by Crippen LogP contribution is -2.14. The lowest BCUT2D eigenvalue weighted by atomic mass is 9.98. The number of benzene rings is 2. The number of hydrogen-bond donors (Lipinski definition) is 0. The molecule has 2 aromatic heterocycles. The zero-order valence-corrected chi connectivity index (χ0v) is 21.2. The molecule has 0 fully saturated rings. The first-order valence-electron chi connectivity index (χ1n) is 11.5. The zero-order valence-electron chi connectivity index (χ0n) is 20.5. The summed E-state index contributed by atoms with van der Waals surface area (Å²) in [6.07, 6.45) is -9.50. The van der Waals surface area contributed by atoms with Crippen molar-refractivity contribution in [3.05, 3.63) is 92.8 Å². The Morgan fingerprint density at radius 2 is 1.45 bits per heavy atom. The van der Waals surface area contributed by atoms with Crippen LogP contribution in [0.4, 0.5) is 26.3 Å². The Hall–Kier alpha value is -3.47. The summed E-state index contributed by atoms with van der Waals surface area (Å²) < 4.78 is 81.5. The minimum absolute atomic E-state index is 0.0997. The normalized spacial score (nSPS) is 12.4. The van der Waals surface area contributed by atoms with Crippen molar-refractivity contribution in [2.75, 3.05) is 0 Å². The maximum atomic E-state index is 13.4. The van der Waals surface area contributed by atoms with Crippen LogP contribution >= 0.6 is 11.6 Å². The average molecular weight is 554 g/mol. The molecule has 4 aromatic rings. The first-order valence-corrected chi connectivity index (χ1v) is 11.9. The maximum absolute atomic E-state index is 13.4. The van der Waals surface area contributed by atoms with Gasteiger partial charge in [-0.2, -0.15) is 31.4 Å². The van der Waals surface area contributed by atoms with Gasteiger partial charge in [-0.15, -0.1) is 10.2 Å². The molecule has 4 rings (SSSR count). The molecule has 200 valence electrons. The van der Waals surface area contributed by atoms with E-state index in [1.165, 1.54) is 4.68 Å². The molecule has 0 aliphatic carbocycles. The van der Waals surface area contributed by atoms with Crippen LogP contribution in [0.3, 0.4) is 0 Å². The molecule has 0 radical (unpaired) electrons. The summed E-state index contributed by atoms with van der Waals surface area (Å²) in [5.41, 5.74) is 0.496. The van der Waals surface area contributed by atoms with Crippen molar-refractivity contribution >= 4 is 11.6 Å². The summed E-state index contributed by atoms with van der Waals surface area (Å²) in [6, 6.07) is 10.6. The molecule has 0 amide bonds. The SMILES string of the molecule is Cc1cc(Cc2ccccc2Cl)c(-c2nnn(Cc3cc(C(F)(F)F)cc(C(F)(F)F)c3)c2C(C)C)nn1. The van der Waals surface area contributed by atoms with E-state index in [2.05, 4.69) is 20.5 Å². The van der Waals surface area contributed by atoms with Crippen LogP contribution < -0.4 is 0 Å². The van der Waals surface area contributed by atoms with Crippen molar-refractivity contribution in [3.8, 4) is 11.4 Å². The van der Waals surface area contributed by atoms with Crippen molar-refractivity contribution < 1.29 is 26.3 Å². The van der Waals surface area contributed by atoms with E-state index in [-0.39, 0.29) is 24.1 Å². The van der Waals surface area contributed by atoms with Gasteiger partial charge in [0.25, 0.3) is 0 Å². The van der Waals surface area contributed by atoms with Gasteiger partial charge in [-0.05, 0) is 59.9 Å². The number of aromatic nitrogens is 5. The lowest BCUT2D eigenvalue weighted by Gasteiger charge is -2.16. The van der Waals surface area contributed by atoms with Crippen LogP contribution in [0.15, 0.2) is 48.5 Å². The van der Waals surface area contributed by atoms with Crippen LogP contribution in [0.5, 0.6) is 0 Å². The maximum Gasteiger partial charge on any atom is 0.416 e. The first-order chi connectivity index (χ1) is 17.7. The fourth-order valence-corrected chi connectivity index (χ4v) is 4.39. The molecule has 0 atom stereocenters. The van der Waals surface area contributed by atoms with E-state index in [9.17, 15) is 26.3 Å². The van der Waals surface area contributed by atoms with Crippen LogP contribution in [0, 0.1) is 6.92 Å². The number of rotatable bonds is 6. The lowest BCUT2D eigenvalue weighted by molar-refractivity contribution is -0.143. The van der Waals surface area contributed by atoms with Gasteiger partial charge in [0.15, 0.2) is 0 Å². The summed E-state index contributed by atoms with van der Waals surface area (Å²) >= 11 is 6.35. The van der Waals surface area contributed by atoms with E-state index >= 15 is 0 Å². The third-order valence-corrected chi connectivity index (χ3v) is 6.23. The van der Waals surface area contributed by atoms with Crippen molar-refractivity contribution in [3.63, 3.8) is 0 Å². The molecular formula is C26H22ClF6N5. The standard InChI is InChI=1S/C26H22ClF6N5/c1-14(2)24-23(22-18(8-15(3)34-35-22)11-17-6-4-5-7-21(17)27)36-37-38(24)13-16-9-19(25(28,29)30)12-20(10-16)26(31,32)33/h4-10,12,14H,11,13H2,1-3H3. The van der Waals surface area contributed by atoms with E-state index in [1.807, 2.05) is 38.1 Å². The predicted molar refractivity (Wildman–Crippen MR) is 130 cm³/mol. The topological polar surface area (TPSA) is 56.5 Å². The predicted octanol–water partition coefficient (Wildman–Crippen LogP) is 7.50. The summed E-state index contributed by atoms with van der Waals surface area (Å²) in [4.78, 5) is 0. The smallest absolute Gasteiger partial charge is 0.244 e. The molecule has 12 heteroatoms. The van der Waals surface area contributed by atoms with E-state index < -0.39 is 23.5 Å². The van der Waals surface area contributed by atoms with Gasteiger partial charge in [0.2, 0.25) is 0 Å². The van der Waals surface area contributed by atoms with Crippen LogP contribution in [0.1, 0.15) is 59.0 Å². The molecular weight excluding hydrogens is 532 g/mol. The van der Waals surface area contributed by atoms with Crippen LogP contribution in [0.2, 0.25) is 5.02 Å². The van der Waals surface area contributed by atoms with Gasteiger partial charge in [-0.3, -0.25) is 0 Å². The fraction of sp³-hybridized carbons (Fsp3) is 0.308. The monoisotopic (exact) mass is 553 g/mol. The van der Waals surface area contributed by atoms with Gasteiger partial charge >= 0.3 is 12.4 Å². The van der Waals surface area contributed by atoms with E-state index in [0.717, 1.165) is 11.1 Å². The highest BCUT2D eigenvalue weighted by molar-refractivity contribution is 6.31. The Kier molecular flexibility index (Phi) is 7.51. The van der Waals surface area contributed by atoms with Gasteiger partial charge in [-0.25, -0.2) is 4.68 Å². The Morgan fingerprint density at radius 3 is 2.03 bits per heavy atom. The Labute approximate surface area is 219 Å². The number of hydrogen-bond acceptors (Lipinski definition) is 4. The second kappa shape index (κ2) is 10.4. The average Bonchev–Trinajstić information content (AvgIpc) is 3.23. The Balaban J connectivity index is 1.80. The Bertz CT molecular complexity index is 1430. The summed E-state index contributed by atoms with van der Waals surface area (Å²) in [6.45, 7) is 5.06. The molecule has 2 aromatic carbocycles. The van der Waals surface area contributed by atoms with Gasteiger partial charge in [-0.1, -0.05) is 48.9 Å². The van der Waals surface area contributed by atoms with Crippen LogP contribution in [-0.4, -0.2) is 25.2 Å². The Morgan fingerprint density at radius 1 is 0.816 bits per heavy atom. The number of aryl methyl sites for hydroxylation is 1. The highest BCUT2D eigenvalue weighted by atomic mass is 35.5. The minimum atomic E-state index is -4.95. The number of halogens is 7.